The molecule has 543 valence electrons. The number of H-pyrrole nitrogens is 2. The molecule has 0 fully saturated rings. The van der Waals surface area contributed by atoms with Crippen molar-refractivity contribution in [3.05, 3.63) is 283 Å². The van der Waals surface area contributed by atoms with Gasteiger partial charge in [-0.1, -0.05) is 119 Å². The summed E-state index contributed by atoms with van der Waals surface area (Å²) in [6.07, 6.45) is 6.11. The number of nitrogens with zero attached hydrogens (tertiary/aromatic N) is 12. The van der Waals surface area contributed by atoms with Crippen molar-refractivity contribution in [3.8, 4) is 56.0 Å². The Labute approximate surface area is 647 Å². The van der Waals surface area contributed by atoms with Gasteiger partial charge in [-0.3, -0.25) is 24.5 Å². The summed E-state index contributed by atoms with van der Waals surface area (Å²) < 4.78 is 4.63. The number of thiol groups is 1. The third-order valence-corrected chi connectivity index (χ3v) is 17.3. The van der Waals surface area contributed by atoms with Gasteiger partial charge in [0.25, 0.3) is 11.1 Å². The van der Waals surface area contributed by atoms with Gasteiger partial charge in [-0.2, -0.15) is 0 Å². The van der Waals surface area contributed by atoms with Gasteiger partial charge in [0, 0.05) is 149 Å². The van der Waals surface area contributed by atoms with E-state index in [1.807, 2.05) is 186 Å². The Morgan fingerprint density at radius 1 is 0.472 bits per heavy atom. The maximum Gasteiger partial charge on any atom is 0.188 e. The molecule has 13 aromatic rings. The SMILES string of the molecule is C.C.C.CN(C)c1ccc(-c2cc3ncccc3c(=O)[nH]2)cc1-c1ccccc1.CN(C)c1ccc(-c2cc3ncccc3c(=O)[nH]2)cc1Br.CN(C)c1ccc(-c2cc3ncccc3c(NCCCN)n2)cc1-c1ccccc1.[B]=NS.[C-]#[N+]c1ccc(N(C)C)c(Br)c1.[C-]#[N+]c1ccc(N(C)C)cc1. The topological polar surface area (TPSA) is 193 Å². The van der Waals surface area contributed by atoms with Gasteiger partial charge >= 0.3 is 24.8 Å². The van der Waals surface area contributed by atoms with Crippen LogP contribution in [0.1, 0.15) is 28.7 Å². The van der Waals surface area contributed by atoms with Crippen LogP contribution in [0.3, 0.4) is 0 Å². The van der Waals surface area contributed by atoms with Crippen molar-refractivity contribution in [1.29, 1.82) is 0 Å². The number of pyridine rings is 6. The molecule has 106 heavy (non-hydrogen) atoms. The number of nitrogens with two attached hydrogens (primary N) is 1. The Hall–Kier alpha value is -11.3. The molecule has 6 heterocycles. The van der Waals surface area contributed by atoms with E-state index in [9.17, 15) is 9.59 Å². The molecule has 0 aliphatic carbocycles. The van der Waals surface area contributed by atoms with E-state index in [-0.39, 0.29) is 33.4 Å². The minimum absolute atomic E-state index is 0. The fourth-order valence-electron chi connectivity index (χ4n) is 10.8. The largest absolute Gasteiger partial charge is 0.378 e. The number of halogens is 2. The Morgan fingerprint density at radius 2 is 0.868 bits per heavy atom. The van der Waals surface area contributed by atoms with Gasteiger partial charge < -0.3 is 45.5 Å². The number of aromatic amines is 2. The van der Waals surface area contributed by atoms with E-state index >= 15 is 0 Å². The fourth-order valence-corrected chi connectivity index (χ4v) is 12.3. The molecule has 0 aliphatic rings. The quantitative estimate of drug-likeness (QED) is 0.0299. The molecule has 7 aromatic carbocycles. The minimum Gasteiger partial charge on any atom is -0.378 e. The predicted octanol–water partition coefficient (Wildman–Crippen LogP) is 20.0. The standard InChI is InChI=1S/C25H27N5.C22H19N3O.C16H14BrN3O.C9H9BrN2.C9H10N2.3CH4.BHNS/c1-30(2)24-12-11-19(16-21(24)18-8-4-3-5-9-18)22-17-23-20(10-6-14-27-23)25(29-22)28-15-7-13-26;1-25(2)21-11-10-16(13-18(21)15-7-4-3-5-8-15)19-14-20-17(22(26)24-19)9-6-12-23-20;1-20(2)15-6-5-10(8-12(15)17)13-9-14-11(16(21)19-13)4-3-7-18-14;1-11-7-4-5-9(12(2)3)8(10)6-7;1-10-8-4-6-9(7-5-8)11(2)3;;;;1-2-3/h3-6,8-12,14,16-17H,7,13,15,26H2,1-2H3,(H,28,29);3-14H,1-2H3,(H,24,26);3-9H,1-2H3,(H,19,21);4-6H,2-3H3;4-7H,2-3H3;3*1H4;3H. The van der Waals surface area contributed by atoms with Gasteiger partial charge in [0.1, 0.15) is 5.82 Å². The monoisotopic (exact) mass is 1560 g/mol. The molecule has 18 nitrogen and oxygen atoms in total. The summed E-state index contributed by atoms with van der Waals surface area (Å²) in [7, 11) is 24.4. The molecule has 0 aliphatic heterocycles. The Bertz CT molecular complexity index is 5220. The molecule has 0 bridgehead atoms. The zero-order valence-electron chi connectivity index (χ0n) is 59.1. The number of fused-ring (bicyclic) bond motifs is 3. The molecular weight excluding hydrogens is 1470 g/mol. The summed E-state index contributed by atoms with van der Waals surface area (Å²) in [5.74, 6) is 0.849. The molecular formula is C84H92BBr2N16O2S. The van der Waals surface area contributed by atoms with Crippen molar-refractivity contribution >= 4 is 131 Å². The number of aromatic nitrogens is 6. The van der Waals surface area contributed by atoms with Crippen molar-refractivity contribution in [1.82, 2.24) is 29.9 Å². The fraction of sp³-hybridized carbons (Fsp3) is 0.190. The van der Waals surface area contributed by atoms with Gasteiger partial charge in [0.15, 0.2) is 11.4 Å². The van der Waals surface area contributed by atoms with E-state index in [4.69, 9.17) is 23.9 Å². The first-order valence-electron chi connectivity index (χ1n) is 32.6. The van der Waals surface area contributed by atoms with E-state index in [2.05, 4.69) is 199 Å². The van der Waals surface area contributed by atoms with Gasteiger partial charge in [0.05, 0.1) is 63.2 Å². The van der Waals surface area contributed by atoms with Crippen LogP contribution in [0, 0.1) is 13.1 Å². The molecule has 0 saturated carbocycles. The van der Waals surface area contributed by atoms with Crippen LogP contribution in [0.5, 0.6) is 0 Å². The number of hydrogen-bond donors (Lipinski definition) is 5. The Kier molecular flexibility index (Phi) is 33.7. The van der Waals surface area contributed by atoms with Crippen molar-refractivity contribution in [3.63, 3.8) is 0 Å². The van der Waals surface area contributed by atoms with Crippen LogP contribution >= 0.6 is 44.7 Å². The van der Waals surface area contributed by atoms with Gasteiger partial charge in [-0.05, 0) is 182 Å². The van der Waals surface area contributed by atoms with Crippen LogP contribution < -0.4 is 46.7 Å². The summed E-state index contributed by atoms with van der Waals surface area (Å²) in [5, 5.41) is 5.66. The van der Waals surface area contributed by atoms with E-state index in [1.54, 1.807) is 36.7 Å². The first-order valence-corrected chi connectivity index (χ1v) is 34.6. The molecule has 0 spiro atoms. The second kappa shape index (κ2) is 41.9. The number of benzene rings is 7. The normalized spacial score (nSPS) is 9.95. The molecule has 0 unspecified atom stereocenters. The first kappa shape index (κ1) is 85.4. The zero-order chi connectivity index (χ0) is 74.1. The molecule has 13 rings (SSSR count). The molecule has 0 amide bonds. The zero-order valence-corrected chi connectivity index (χ0v) is 63.2. The third kappa shape index (κ3) is 22.9. The predicted molar refractivity (Wildman–Crippen MR) is 463 cm³/mol. The van der Waals surface area contributed by atoms with Crippen LogP contribution in [0.4, 0.5) is 45.6 Å². The van der Waals surface area contributed by atoms with Crippen molar-refractivity contribution in [2.45, 2.75) is 28.7 Å². The van der Waals surface area contributed by atoms with Gasteiger partial charge in [0.2, 0.25) is 0 Å². The van der Waals surface area contributed by atoms with Crippen LogP contribution in [0.15, 0.2) is 254 Å². The number of nitrogens with one attached hydrogen (secondary N) is 3. The van der Waals surface area contributed by atoms with E-state index in [0.29, 0.717) is 39.7 Å². The average molecular weight is 1560 g/mol. The van der Waals surface area contributed by atoms with Crippen LogP contribution in [0.2, 0.25) is 0 Å². The second-order valence-electron chi connectivity index (χ2n) is 24.2. The summed E-state index contributed by atoms with van der Waals surface area (Å²) in [4.78, 5) is 65.4. The van der Waals surface area contributed by atoms with Crippen molar-refractivity contribution < 1.29 is 0 Å². The third-order valence-electron chi connectivity index (χ3n) is 16.0. The molecule has 0 saturated heterocycles. The van der Waals surface area contributed by atoms with Gasteiger partial charge in [-0.15, -0.1) is 0 Å². The molecule has 22 heteroatoms. The first-order chi connectivity index (χ1) is 49.7. The Morgan fingerprint density at radius 3 is 1.29 bits per heavy atom. The van der Waals surface area contributed by atoms with Crippen molar-refractivity contribution in [2.24, 2.45) is 10.0 Å². The summed E-state index contributed by atoms with van der Waals surface area (Å²) in [6, 6.07) is 69.5. The molecule has 0 atom stereocenters. The number of hydrogen-bond acceptors (Lipinski definition) is 15. The average Bonchev–Trinajstić information content (AvgIpc) is 0.796. The van der Waals surface area contributed by atoms with Crippen LogP contribution in [-0.2, 0) is 0 Å². The summed E-state index contributed by atoms with van der Waals surface area (Å²) >= 11 is 10.2. The van der Waals surface area contributed by atoms with E-state index in [1.165, 1.54) is 16.8 Å². The smallest absolute Gasteiger partial charge is 0.188 e. The maximum absolute atomic E-state index is 12.4. The van der Waals surface area contributed by atoms with E-state index in [0.717, 1.165) is 106 Å². The molecule has 6 aromatic heterocycles. The van der Waals surface area contributed by atoms with Crippen molar-refractivity contribution in [2.75, 3.05) is 113 Å². The second-order valence-corrected chi connectivity index (χ2v) is 26.2. The summed E-state index contributed by atoms with van der Waals surface area (Å²) in [5.41, 5.74) is 24.7. The maximum atomic E-state index is 12.4. The Balaban J connectivity index is 0.000000244. The van der Waals surface area contributed by atoms with Gasteiger partial charge in [-0.25, -0.2) is 14.7 Å². The molecule has 1 radical (unpaired) electrons. The molecule has 5 N–H and O–H groups in total. The van der Waals surface area contributed by atoms with Crippen LogP contribution in [0.25, 0.3) is 98.4 Å². The summed E-state index contributed by atoms with van der Waals surface area (Å²) in [6.45, 7) is 15.0. The number of rotatable bonds is 14. The number of anilines is 6. The van der Waals surface area contributed by atoms with Crippen LogP contribution in [-0.4, -0.2) is 121 Å². The van der Waals surface area contributed by atoms with E-state index < -0.39 is 0 Å². The minimum atomic E-state index is -0.122.